The van der Waals surface area contributed by atoms with Crippen LogP contribution in [0.4, 0.5) is 0 Å². The molecule has 3 aromatic rings. The number of aliphatic hydroxyl groups is 4. The van der Waals surface area contributed by atoms with E-state index in [1.807, 2.05) is 0 Å². The third-order valence-electron chi connectivity index (χ3n) is 5.53. The van der Waals surface area contributed by atoms with Gasteiger partial charge in [0.25, 0.3) is 0 Å². The molecule has 1 aromatic heterocycles. The van der Waals surface area contributed by atoms with E-state index in [9.17, 15) is 35.4 Å². The van der Waals surface area contributed by atoms with Gasteiger partial charge in [0.2, 0.25) is 0 Å². The van der Waals surface area contributed by atoms with Crippen molar-refractivity contribution in [3.05, 3.63) is 52.2 Å². The van der Waals surface area contributed by atoms with Crippen molar-refractivity contribution in [3.63, 3.8) is 0 Å². The molecular formula is C22H22O10. The molecule has 1 aliphatic heterocycles. The molecular weight excluding hydrogens is 424 g/mol. The molecule has 0 amide bonds. The summed E-state index contributed by atoms with van der Waals surface area (Å²) in [5, 5.41) is 60.2. The number of hydrogen-bond donors (Lipinski definition) is 6. The number of hydrogen-bond acceptors (Lipinski definition) is 10. The van der Waals surface area contributed by atoms with Crippen LogP contribution in [-0.2, 0) is 4.74 Å². The van der Waals surface area contributed by atoms with E-state index in [1.54, 1.807) is 0 Å². The molecule has 10 nitrogen and oxygen atoms in total. The molecule has 2 heterocycles. The number of methoxy groups -OCH3 is 1. The predicted molar refractivity (Wildman–Crippen MR) is 111 cm³/mol. The maximum absolute atomic E-state index is 12.9. The van der Waals surface area contributed by atoms with Crippen molar-refractivity contribution >= 4 is 11.0 Å². The first-order chi connectivity index (χ1) is 15.3. The molecule has 1 aliphatic rings. The van der Waals surface area contributed by atoms with Crippen molar-refractivity contribution in [2.45, 2.75) is 30.5 Å². The van der Waals surface area contributed by atoms with Gasteiger partial charge in [0.05, 0.1) is 19.3 Å². The topological polar surface area (TPSA) is 170 Å². The summed E-state index contributed by atoms with van der Waals surface area (Å²) in [6, 6.07) is 8.16. The fourth-order valence-electron chi connectivity index (χ4n) is 3.86. The van der Waals surface area contributed by atoms with E-state index in [0.29, 0.717) is 5.56 Å². The molecule has 0 spiro atoms. The van der Waals surface area contributed by atoms with Crippen LogP contribution in [0.2, 0.25) is 0 Å². The lowest BCUT2D eigenvalue weighted by Crippen LogP contribution is -2.55. The quantitative estimate of drug-likeness (QED) is 0.330. The molecule has 0 saturated carbocycles. The second-order valence-electron chi connectivity index (χ2n) is 7.49. The highest BCUT2D eigenvalue weighted by Crippen LogP contribution is 2.44. The normalized spacial score (nSPS) is 25.7. The fourth-order valence-corrected chi connectivity index (χ4v) is 3.86. The fraction of sp³-hybridized carbons (Fsp3) is 0.318. The molecule has 0 aliphatic carbocycles. The minimum atomic E-state index is -1.67. The highest BCUT2D eigenvalue weighted by Gasteiger charge is 2.46. The highest BCUT2D eigenvalue weighted by atomic mass is 16.5. The van der Waals surface area contributed by atoms with E-state index in [4.69, 9.17) is 13.9 Å². The van der Waals surface area contributed by atoms with Crippen molar-refractivity contribution < 1.29 is 44.5 Å². The molecule has 0 bridgehead atoms. The van der Waals surface area contributed by atoms with Gasteiger partial charge in [-0.2, -0.15) is 0 Å². The first-order valence-corrected chi connectivity index (χ1v) is 9.74. The number of rotatable bonds is 4. The zero-order valence-corrected chi connectivity index (χ0v) is 16.9. The lowest BCUT2D eigenvalue weighted by molar-refractivity contribution is -0.231. The van der Waals surface area contributed by atoms with Crippen LogP contribution in [0.25, 0.3) is 22.3 Å². The molecule has 5 atom stereocenters. The van der Waals surface area contributed by atoms with Crippen LogP contribution in [0.15, 0.2) is 45.6 Å². The molecule has 0 unspecified atom stereocenters. The first kappa shape index (κ1) is 22.1. The lowest BCUT2D eigenvalue weighted by atomic mass is 9.89. The highest BCUT2D eigenvalue weighted by molar-refractivity contribution is 5.89. The minimum Gasteiger partial charge on any atom is -0.508 e. The van der Waals surface area contributed by atoms with Crippen molar-refractivity contribution in [1.29, 1.82) is 0 Å². The summed E-state index contributed by atoms with van der Waals surface area (Å²) < 4.78 is 16.9. The Bertz CT molecular complexity index is 1180. The van der Waals surface area contributed by atoms with Gasteiger partial charge in [-0.15, -0.1) is 0 Å². The maximum Gasteiger partial charge on any atom is 0.197 e. The lowest BCUT2D eigenvalue weighted by Gasteiger charge is -2.40. The second kappa shape index (κ2) is 8.41. The van der Waals surface area contributed by atoms with Crippen molar-refractivity contribution in [2.24, 2.45) is 0 Å². The molecule has 1 saturated heterocycles. The van der Waals surface area contributed by atoms with E-state index in [2.05, 4.69) is 0 Å². The first-order valence-electron chi connectivity index (χ1n) is 9.74. The average molecular weight is 446 g/mol. The SMILES string of the molecule is COc1cc(O)c2c(=O)cc(-c3ccc(O)cc3)oc2c1[C@@H]1O[C@@H](CO)[C@H](O)[C@H](O)[C@@H]1O. The Morgan fingerprint density at radius 2 is 1.69 bits per heavy atom. The van der Waals surface area contributed by atoms with Crippen LogP contribution in [0.3, 0.4) is 0 Å². The van der Waals surface area contributed by atoms with Crippen LogP contribution >= 0.6 is 0 Å². The summed E-state index contributed by atoms with van der Waals surface area (Å²) in [7, 11) is 1.29. The molecule has 4 rings (SSSR count). The smallest absolute Gasteiger partial charge is 0.197 e. The van der Waals surface area contributed by atoms with Gasteiger partial charge in [-0.3, -0.25) is 4.79 Å². The number of phenolic OH excluding ortho intramolecular Hbond substituents is 2. The molecule has 1 fully saturated rings. The average Bonchev–Trinajstić information content (AvgIpc) is 2.78. The van der Waals surface area contributed by atoms with Gasteiger partial charge in [0.1, 0.15) is 58.9 Å². The van der Waals surface area contributed by atoms with Gasteiger partial charge in [0, 0.05) is 17.7 Å². The molecule has 10 heteroatoms. The second-order valence-corrected chi connectivity index (χ2v) is 7.49. The van der Waals surface area contributed by atoms with Gasteiger partial charge >= 0.3 is 0 Å². The number of aliphatic hydroxyl groups excluding tert-OH is 4. The van der Waals surface area contributed by atoms with Crippen LogP contribution < -0.4 is 10.2 Å². The minimum absolute atomic E-state index is 0.00895. The Hall–Kier alpha value is -3.15. The van der Waals surface area contributed by atoms with Gasteiger partial charge in [-0.05, 0) is 24.3 Å². The van der Waals surface area contributed by atoms with Crippen molar-refractivity contribution in [3.8, 4) is 28.6 Å². The monoisotopic (exact) mass is 446 g/mol. The molecule has 170 valence electrons. The maximum atomic E-state index is 12.9. The number of fused-ring (bicyclic) bond motifs is 1. The van der Waals surface area contributed by atoms with Gasteiger partial charge < -0.3 is 44.5 Å². The summed E-state index contributed by atoms with van der Waals surface area (Å²) in [4.78, 5) is 12.9. The Morgan fingerprint density at radius 3 is 2.31 bits per heavy atom. The van der Waals surface area contributed by atoms with Crippen LogP contribution in [0.5, 0.6) is 17.2 Å². The van der Waals surface area contributed by atoms with Gasteiger partial charge in [-0.25, -0.2) is 0 Å². The van der Waals surface area contributed by atoms with E-state index in [0.717, 1.165) is 12.1 Å². The predicted octanol–water partition coefficient (Wildman–Crippen LogP) is 0.395. The van der Waals surface area contributed by atoms with E-state index in [1.165, 1.54) is 31.4 Å². The third-order valence-corrected chi connectivity index (χ3v) is 5.53. The van der Waals surface area contributed by atoms with E-state index >= 15 is 0 Å². The summed E-state index contributed by atoms with van der Waals surface area (Å²) in [6.07, 6.45) is -7.51. The Kier molecular flexibility index (Phi) is 5.80. The van der Waals surface area contributed by atoms with Gasteiger partial charge in [0.15, 0.2) is 11.0 Å². The van der Waals surface area contributed by atoms with E-state index < -0.39 is 48.3 Å². The summed E-state index contributed by atoms with van der Waals surface area (Å²) >= 11 is 0. The zero-order valence-electron chi connectivity index (χ0n) is 16.9. The third kappa shape index (κ3) is 3.57. The van der Waals surface area contributed by atoms with Crippen LogP contribution in [0, 0.1) is 0 Å². The Morgan fingerprint density at radius 1 is 1.00 bits per heavy atom. The number of aromatic hydroxyl groups is 2. The Balaban J connectivity index is 1.99. The van der Waals surface area contributed by atoms with Crippen LogP contribution in [-0.4, -0.2) is 68.8 Å². The van der Waals surface area contributed by atoms with E-state index in [-0.39, 0.29) is 33.8 Å². The summed E-state index contributed by atoms with van der Waals surface area (Å²) in [5.74, 6) is -0.333. The number of phenols is 2. The standard InChI is InChI=1S/C22H22O10/c1-30-14-7-12(26)16-11(25)6-13(9-2-4-10(24)5-3-9)31-21(16)17(14)22-20(29)19(28)18(27)15(8-23)32-22/h2-7,15,18-20,22-24,26-29H,8H2,1H3/t15-,18-,19-,20-,22-/m0/s1. The molecule has 2 aromatic carbocycles. The van der Waals surface area contributed by atoms with Crippen LogP contribution in [0.1, 0.15) is 11.7 Å². The number of benzene rings is 2. The van der Waals surface area contributed by atoms with Crippen molar-refractivity contribution in [1.82, 2.24) is 0 Å². The molecule has 6 N–H and O–H groups in total. The zero-order chi connectivity index (χ0) is 23.2. The number of ether oxygens (including phenoxy) is 2. The molecule has 32 heavy (non-hydrogen) atoms. The Labute approximate surface area is 181 Å². The summed E-state index contributed by atoms with van der Waals surface area (Å²) in [5.41, 5.74) is -0.305. The largest absolute Gasteiger partial charge is 0.508 e. The molecule has 0 radical (unpaired) electrons. The van der Waals surface area contributed by atoms with Crippen molar-refractivity contribution in [2.75, 3.05) is 13.7 Å². The van der Waals surface area contributed by atoms with Gasteiger partial charge in [-0.1, -0.05) is 0 Å². The summed E-state index contributed by atoms with van der Waals surface area (Å²) in [6.45, 7) is -0.650.